The van der Waals surface area contributed by atoms with Crippen molar-refractivity contribution >= 4 is 23.2 Å². The highest BCUT2D eigenvalue weighted by Crippen LogP contribution is 2.31. The summed E-state index contributed by atoms with van der Waals surface area (Å²) in [6.45, 7) is 8.94. The molecule has 2 aliphatic heterocycles. The fraction of sp³-hybridized carbons (Fsp3) is 0.733. The van der Waals surface area contributed by atoms with Crippen molar-refractivity contribution in [3.8, 4) is 0 Å². The standard InChI is InChI=1S/C15H25ClN6/c1-11-9-22(15-13(16)14(17)18-10-19-15)4-3-12(11)21-7-5-20(2)6-8-21/h10-12H,3-9H2,1-2H3,(H2,17,18,19). The molecule has 0 spiro atoms. The van der Waals surface area contributed by atoms with E-state index in [1.54, 1.807) is 0 Å². The maximum atomic E-state index is 6.27. The Morgan fingerprint density at radius 2 is 1.91 bits per heavy atom. The normalized spacial score (nSPS) is 28.0. The highest BCUT2D eigenvalue weighted by Gasteiger charge is 2.33. The molecule has 22 heavy (non-hydrogen) atoms. The van der Waals surface area contributed by atoms with Crippen molar-refractivity contribution in [3.05, 3.63) is 11.3 Å². The number of hydrogen-bond donors (Lipinski definition) is 1. The summed E-state index contributed by atoms with van der Waals surface area (Å²) in [5.41, 5.74) is 5.80. The number of halogens is 1. The monoisotopic (exact) mass is 324 g/mol. The number of likely N-dealkylation sites (N-methyl/N-ethyl adjacent to an activating group) is 1. The lowest BCUT2D eigenvalue weighted by Crippen LogP contribution is -2.55. The van der Waals surface area contributed by atoms with Gasteiger partial charge >= 0.3 is 0 Å². The van der Waals surface area contributed by atoms with Gasteiger partial charge in [-0.1, -0.05) is 18.5 Å². The molecule has 3 rings (SSSR count). The van der Waals surface area contributed by atoms with E-state index in [2.05, 4.69) is 38.6 Å². The summed E-state index contributed by atoms with van der Waals surface area (Å²) in [7, 11) is 2.20. The summed E-state index contributed by atoms with van der Waals surface area (Å²) in [4.78, 5) is 15.6. The van der Waals surface area contributed by atoms with Gasteiger partial charge in [-0.05, 0) is 19.4 Å². The molecule has 0 bridgehead atoms. The van der Waals surface area contributed by atoms with E-state index in [0.29, 0.717) is 22.8 Å². The summed E-state index contributed by atoms with van der Waals surface area (Å²) >= 11 is 6.27. The summed E-state index contributed by atoms with van der Waals surface area (Å²) in [6, 6.07) is 0.655. The summed E-state index contributed by atoms with van der Waals surface area (Å²) < 4.78 is 0. The zero-order chi connectivity index (χ0) is 15.7. The van der Waals surface area contributed by atoms with Gasteiger partial charge in [0.25, 0.3) is 0 Å². The van der Waals surface area contributed by atoms with Gasteiger partial charge in [0.2, 0.25) is 0 Å². The van der Waals surface area contributed by atoms with Crippen LogP contribution in [-0.4, -0.2) is 72.1 Å². The number of rotatable bonds is 2. The van der Waals surface area contributed by atoms with Crippen molar-refractivity contribution in [1.82, 2.24) is 19.8 Å². The largest absolute Gasteiger partial charge is 0.382 e. The molecule has 2 unspecified atom stereocenters. The average molecular weight is 325 g/mol. The van der Waals surface area contributed by atoms with Crippen LogP contribution in [-0.2, 0) is 0 Å². The van der Waals surface area contributed by atoms with Crippen LogP contribution in [0.4, 0.5) is 11.6 Å². The second-order valence-electron chi connectivity index (χ2n) is 6.52. The molecule has 6 nitrogen and oxygen atoms in total. The quantitative estimate of drug-likeness (QED) is 0.881. The second-order valence-corrected chi connectivity index (χ2v) is 6.89. The molecule has 3 heterocycles. The Balaban J connectivity index is 1.66. The van der Waals surface area contributed by atoms with E-state index in [0.717, 1.165) is 25.3 Å². The summed E-state index contributed by atoms with van der Waals surface area (Å²) in [5.74, 6) is 1.72. The van der Waals surface area contributed by atoms with E-state index in [9.17, 15) is 0 Å². The van der Waals surface area contributed by atoms with Crippen LogP contribution in [0.1, 0.15) is 13.3 Å². The number of piperidine rings is 1. The molecular formula is C15H25ClN6. The first-order chi connectivity index (χ1) is 10.6. The highest BCUT2D eigenvalue weighted by atomic mass is 35.5. The van der Waals surface area contributed by atoms with E-state index in [-0.39, 0.29) is 0 Å². The Morgan fingerprint density at radius 3 is 2.59 bits per heavy atom. The first-order valence-electron chi connectivity index (χ1n) is 7.99. The van der Waals surface area contributed by atoms with Gasteiger partial charge in [0.1, 0.15) is 17.2 Å². The molecule has 2 N–H and O–H groups in total. The maximum absolute atomic E-state index is 6.27. The number of hydrogen-bond acceptors (Lipinski definition) is 6. The first-order valence-corrected chi connectivity index (χ1v) is 8.37. The van der Waals surface area contributed by atoms with Crippen molar-refractivity contribution in [1.29, 1.82) is 0 Å². The van der Waals surface area contributed by atoms with Crippen LogP contribution < -0.4 is 10.6 Å². The lowest BCUT2D eigenvalue weighted by atomic mass is 9.92. The third-order valence-corrected chi connectivity index (χ3v) is 5.33. The Hall–Kier alpha value is -1.11. The molecule has 0 radical (unpaired) electrons. The SMILES string of the molecule is CC1CN(c2ncnc(N)c2Cl)CCC1N1CCN(C)CC1. The van der Waals surface area contributed by atoms with Crippen LogP contribution in [0.5, 0.6) is 0 Å². The van der Waals surface area contributed by atoms with Crippen molar-refractivity contribution < 1.29 is 0 Å². The highest BCUT2D eigenvalue weighted by molar-refractivity contribution is 6.35. The average Bonchev–Trinajstić information content (AvgIpc) is 2.51. The van der Waals surface area contributed by atoms with E-state index in [1.807, 2.05) is 0 Å². The summed E-state index contributed by atoms with van der Waals surface area (Å²) in [5, 5.41) is 0.479. The van der Waals surface area contributed by atoms with E-state index in [4.69, 9.17) is 17.3 Å². The summed E-state index contributed by atoms with van der Waals surface area (Å²) in [6.07, 6.45) is 2.64. The van der Waals surface area contributed by atoms with Gasteiger partial charge in [-0.15, -0.1) is 0 Å². The van der Waals surface area contributed by atoms with Crippen LogP contribution in [0.15, 0.2) is 6.33 Å². The molecule has 0 saturated carbocycles. The van der Waals surface area contributed by atoms with Gasteiger partial charge < -0.3 is 15.5 Å². The van der Waals surface area contributed by atoms with Crippen LogP contribution in [0, 0.1) is 5.92 Å². The zero-order valence-corrected chi connectivity index (χ0v) is 14.1. The third-order valence-electron chi connectivity index (χ3n) is 4.96. The van der Waals surface area contributed by atoms with E-state index >= 15 is 0 Å². The molecule has 2 fully saturated rings. The number of piperazine rings is 1. The Labute approximate surface area is 137 Å². The minimum Gasteiger partial charge on any atom is -0.382 e. The third kappa shape index (κ3) is 3.14. The fourth-order valence-corrected chi connectivity index (χ4v) is 3.83. The molecule has 2 saturated heterocycles. The predicted molar refractivity (Wildman–Crippen MR) is 90.3 cm³/mol. The lowest BCUT2D eigenvalue weighted by Gasteiger charge is -2.45. The Bertz CT molecular complexity index is 517. The number of nitrogen functional groups attached to an aromatic ring is 1. The van der Waals surface area contributed by atoms with Gasteiger partial charge in [-0.2, -0.15) is 0 Å². The van der Waals surface area contributed by atoms with Crippen molar-refractivity contribution in [3.63, 3.8) is 0 Å². The number of nitrogens with two attached hydrogens (primary N) is 1. The van der Waals surface area contributed by atoms with Crippen molar-refractivity contribution in [2.75, 3.05) is 56.9 Å². The lowest BCUT2D eigenvalue weighted by molar-refractivity contribution is 0.0737. The zero-order valence-electron chi connectivity index (χ0n) is 13.4. The van der Waals surface area contributed by atoms with Crippen molar-refractivity contribution in [2.24, 2.45) is 5.92 Å². The molecule has 0 amide bonds. The molecule has 1 aromatic heterocycles. The fourth-order valence-electron chi connectivity index (χ4n) is 3.62. The van der Waals surface area contributed by atoms with Gasteiger partial charge in [-0.3, -0.25) is 4.90 Å². The molecule has 122 valence electrons. The number of aromatic nitrogens is 2. The van der Waals surface area contributed by atoms with Gasteiger partial charge in [0, 0.05) is 45.3 Å². The van der Waals surface area contributed by atoms with Gasteiger partial charge in [-0.25, -0.2) is 9.97 Å². The van der Waals surface area contributed by atoms with E-state index < -0.39 is 0 Å². The van der Waals surface area contributed by atoms with Crippen LogP contribution in [0.2, 0.25) is 5.02 Å². The minimum absolute atomic E-state index is 0.362. The molecule has 1 aromatic rings. The second kappa shape index (κ2) is 6.56. The van der Waals surface area contributed by atoms with Crippen LogP contribution in [0.3, 0.4) is 0 Å². The number of nitrogens with zero attached hydrogens (tertiary/aromatic N) is 5. The number of anilines is 2. The predicted octanol–water partition coefficient (Wildman–Crippen LogP) is 1.17. The van der Waals surface area contributed by atoms with Crippen LogP contribution in [0.25, 0.3) is 0 Å². The topological polar surface area (TPSA) is 61.5 Å². The van der Waals surface area contributed by atoms with Gasteiger partial charge in [0.15, 0.2) is 5.82 Å². The van der Waals surface area contributed by atoms with Crippen LogP contribution >= 0.6 is 11.6 Å². The Kier molecular flexibility index (Phi) is 4.70. The molecule has 7 heteroatoms. The van der Waals surface area contributed by atoms with Gasteiger partial charge in [0.05, 0.1) is 0 Å². The molecule has 2 aliphatic rings. The minimum atomic E-state index is 0.362. The molecule has 0 aromatic carbocycles. The maximum Gasteiger partial charge on any atom is 0.153 e. The molecular weight excluding hydrogens is 300 g/mol. The molecule has 0 aliphatic carbocycles. The first kappa shape index (κ1) is 15.8. The Morgan fingerprint density at radius 1 is 1.18 bits per heavy atom. The van der Waals surface area contributed by atoms with Crippen molar-refractivity contribution in [2.45, 2.75) is 19.4 Å². The smallest absolute Gasteiger partial charge is 0.153 e. The molecule has 2 atom stereocenters. The van der Waals surface area contributed by atoms with E-state index in [1.165, 1.54) is 32.5 Å².